The van der Waals surface area contributed by atoms with Crippen LogP contribution in [0.25, 0.3) is 10.9 Å². The summed E-state index contributed by atoms with van der Waals surface area (Å²) < 4.78 is 11.0. The summed E-state index contributed by atoms with van der Waals surface area (Å²) in [6.07, 6.45) is 5.18. The second kappa shape index (κ2) is 10.6. The first-order chi connectivity index (χ1) is 18.0. The van der Waals surface area contributed by atoms with E-state index >= 15 is 0 Å². The van der Waals surface area contributed by atoms with Gasteiger partial charge < -0.3 is 14.8 Å². The molecule has 1 N–H and O–H groups in total. The van der Waals surface area contributed by atoms with Crippen molar-refractivity contribution in [2.24, 2.45) is 0 Å². The van der Waals surface area contributed by atoms with Crippen LogP contribution in [0.5, 0.6) is 11.5 Å². The highest BCUT2D eigenvalue weighted by Gasteiger charge is 2.31. The number of aromatic nitrogens is 3. The molecule has 1 amide bonds. The Labute approximate surface area is 215 Å². The van der Waals surface area contributed by atoms with Crippen LogP contribution in [0.15, 0.2) is 61.1 Å². The molecule has 0 unspecified atom stereocenters. The van der Waals surface area contributed by atoms with Crippen LogP contribution in [0.1, 0.15) is 29.7 Å². The molecule has 186 valence electrons. The molecule has 8 heteroatoms. The van der Waals surface area contributed by atoms with Crippen LogP contribution in [-0.2, 0) is 9.53 Å². The van der Waals surface area contributed by atoms with Gasteiger partial charge in [-0.25, -0.2) is 9.97 Å². The Kier molecular flexibility index (Phi) is 6.97. The van der Waals surface area contributed by atoms with Crippen LogP contribution in [-0.4, -0.2) is 45.5 Å². The van der Waals surface area contributed by atoms with Gasteiger partial charge in [-0.05, 0) is 86.7 Å². The largest absolute Gasteiger partial charge is 0.455 e. The molecule has 0 spiro atoms. The van der Waals surface area contributed by atoms with E-state index in [9.17, 15) is 4.79 Å². The number of carbonyl (C=O) groups excluding carboxylic acids is 1. The molecule has 0 saturated heterocycles. The lowest BCUT2D eigenvalue weighted by Gasteiger charge is -2.14. The molecule has 1 fully saturated rings. The molecule has 4 aromatic rings. The van der Waals surface area contributed by atoms with Crippen molar-refractivity contribution in [2.45, 2.75) is 32.7 Å². The number of pyridine rings is 1. The third-order valence-electron chi connectivity index (χ3n) is 5.95. The Morgan fingerprint density at radius 2 is 1.95 bits per heavy atom. The molecule has 0 atom stereocenters. The van der Waals surface area contributed by atoms with E-state index in [-0.39, 0.29) is 18.6 Å². The SMILES string of the molecule is COCC(=O)N(C#Cc1ccc2ncnc(Nc3ccc(Oc4ccc(C)nc4)c(C)c3)c2c1)C1CC1. The van der Waals surface area contributed by atoms with E-state index in [1.807, 2.05) is 62.4 Å². The van der Waals surface area contributed by atoms with Crippen molar-refractivity contribution in [2.75, 3.05) is 19.0 Å². The van der Waals surface area contributed by atoms with Gasteiger partial charge in [0.1, 0.15) is 30.3 Å². The number of amides is 1. The smallest absolute Gasteiger partial charge is 0.260 e. The molecular weight excluding hydrogens is 466 g/mol. The number of hydrogen-bond acceptors (Lipinski definition) is 7. The highest BCUT2D eigenvalue weighted by Crippen LogP contribution is 2.30. The highest BCUT2D eigenvalue weighted by molar-refractivity contribution is 5.91. The first-order valence-corrected chi connectivity index (χ1v) is 12.1. The highest BCUT2D eigenvalue weighted by atomic mass is 16.5. The van der Waals surface area contributed by atoms with E-state index < -0.39 is 0 Å². The molecule has 2 heterocycles. The van der Waals surface area contributed by atoms with Crippen LogP contribution >= 0.6 is 0 Å². The van der Waals surface area contributed by atoms with Crippen molar-refractivity contribution in [3.63, 3.8) is 0 Å². The number of fused-ring (bicyclic) bond motifs is 1. The summed E-state index contributed by atoms with van der Waals surface area (Å²) >= 11 is 0. The molecule has 37 heavy (non-hydrogen) atoms. The number of nitrogens with zero attached hydrogens (tertiary/aromatic N) is 4. The first kappa shape index (κ1) is 24.2. The van der Waals surface area contributed by atoms with Gasteiger partial charge in [-0.3, -0.25) is 14.7 Å². The van der Waals surface area contributed by atoms with E-state index in [2.05, 4.69) is 32.2 Å². The Balaban J connectivity index is 1.37. The monoisotopic (exact) mass is 493 g/mol. The summed E-state index contributed by atoms with van der Waals surface area (Å²) in [6, 6.07) is 18.6. The number of carbonyl (C=O) groups is 1. The lowest BCUT2D eigenvalue weighted by molar-refractivity contribution is -0.132. The Hall–Kier alpha value is -4.48. The minimum Gasteiger partial charge on any atom is -0.455 e. The summed E-state index contributed by atoms with van der Waals surface area (Å²) in [5, 5.41) is 4.23. The molecule has 0 radical (unpaired) electrons. The maximum absolute atomic E-state index is 12.3. The fraction of sp³-hybridized carbons (Fsp3) is 0.241. The van der Waals surface area contributed by atoms with Crippen molar-refractivity contribution >= 4 is 28.3 Å². The Bertz CT molecular complexity index is 1500. The van der Waals surface area contributed by atoms with Crippen LogP contribution < -0.4 is 10.1 Å². The molecule has 1 aliphatic rings. The molecule has 1 saturated carbocycles. The van der Waals surface area contributed by atoms with Gasteiger partial charge >= 0.3 is 0 Å². The normalized spacial score (nSPS) is 12.5. The van der Waals surface area contributed by atoms with Crippen LogP contribution in [0.2, 0.25) is 0 Å². The van der Waals surface area contributed by atoms with E-state index in [1.54, 1.807) is 11.1 Å². The minimum atomic E-state index is -0.120. The number of nitrogens with one attached hydrogen (secondary N) is 1. The molecular formula is C29H27N5O3. The zero-order valence-corrected chi connectivity index (χ0v) is 21.0. The minimum absolute atomic E-state index is 0.0238. The average Bonchev–Trinajstić information content (AvgIpc) is 3.73. The quantitative estimate of drug-likeness (QED) is 0.282. The zero-order chi connectivity index (χ0) is 25.8. The van der Waals surface area contributed by atoms with Gasteiger partial charge in [0.05, 0.1) is 11.7 Å². The maximum Gasteiger partial charge on any atom is 0.260 e. The lowest BCUT2D eigenvalue weighted by Crippen LogP contribution is -2.31. The van der Waals surface area contributed by atoms with Crippen molar-refractivity contribution in [3.05, 3.63) is 77.9 Å². The summed E-state index contributed by atoms with van der Waals surface area (Å²) in [5.74, 6) is 5.12. The standard InChI is InChI=1S/C29H27N5O3/c1-19-14-22(6-11-27(19)37-24-9-4-20(2)30-16-24)33-29-25-15-21(5-10-26(25)31-18-32-29)12-13-34(23-7-8-23)28(35)17-36-3/h4-6,9-11,14-16,18,23H,7-8,17H2,1-3H3,(H,31,32,33). The second-order valence-corrected chi connectivity index (χ2v) is 8.96. The topological polar surface area (TPSA) is 89.5 Å². The fourth-order valence-electron chi connectivity index (χ4n) is 3.86. The predicted octanol–water partition coefficient (Wildman–Crippen LogP) is 5.12. The molecule has 0 bridgehead atoms. The number of benzene rings is 2. The predicted molar refractivity (Wildman–Crippen MR) is 142 cm³/mol. The van der Waals surface area contributed by atoms with E-state index in [0.717, 1.165) is 52.0 Å². The van der Waals surface area contributed by atoms with E-state index in [1.165, 1.54) is 13.4 Å². The number of ether oxygens (including phenoxy) is 2. The molecule has 2 aromatic carbocycles. The average molecular weight is 494 g/mol. The van der Waals surface area contributed by atoms with Crippen molar-refractivity contribution in [3.8, 4) is 23.5 Å². The maximum atomic E-state index is 12.3. The van der Waals surface area contributed by atoms with Gasteiger partial charge in [0, 0.05) is 41.5 Å². The van der Waals surface area contributed by atoms with Gasteiger partial charge in [0.15, 0.2) is 0 Å². The van der Waals surface area contributed by atoms with Crippen molar-refractivity contribution in [1.29, 1.82) is 0 Å². The van der Waals surface area contributed by atoms with Crippen molar-refractivity contribution < 1.29 is 14.3 Å². The summed E-state index contributed by atoms with van der Waals surface area (Å²) in [5.41, 5.74) is 4.34. The van der Waals surface area contributed by atoms with Gasteiger partial charge in [0.25, 0.3) is 5.91 Å². The van der Waals surface area contributed by atoms with Gasteiger partial charge in [-0.2, -0.15) is 0 Å². The molecule has 2 aromatic heterocycles. The molecule has 5 rings (SSSR count). The number of anilines is 2. The third-order valence-corrected chi connectivity index (χ3v) is 5.95. The number of hydrogen-bond donors (Lipinski definition) is 1. The summed E-state index contributed by atoms with van der Waals surface area (Å²) in [6.45, 7) is 3.95. The molecule has 1 aliphatic carbocycles. The van der Waals surface area contributed by atoms with Gasteiger partial charge in [0.2, 0.25) is 0 Å². The van der Waals surface area contributed by atoms with Crippen LogP contribution in [0.3, 0.4) is 0 Å². The van der Waals surface area contributed by atoms with Crippen LogP contribution in [0, 0.1) is 25.8 Å². The number of aryl methyl sites for hydroxylation is 2. The fourth-order valence-corrected chi connectivity index (χ4v) is 3.86. The summed E-state index contributed by atoms with van der Waals surface area (Å²) in [4.78, 5) is 27.1. The molecule has 0 aliphatic heterocycles. The first-order valence-electron chi connectivity index (χ1n) is 12.1. The zero-order valence-electron chi connectivity index (χ0n) is 21.0. The summed E-state index contributed by atoms with van der Waals surface area (Å²) in [7, 11) is 1.51. The van der Waals surface area contributed by atoms with Gasteiger partial charge in [-0.15, -0.1) is 0 Å². The Morgan fingerprint density at radius 3 is 2.68 bits per heavy atom. The Morgan fingerprint density at radius 1 is 1.08 bits per heavy atom. The van der Waals surface area contributed by atoms with Crippen molar-refractivity contribution in [1.82, 2.24) is 19.9 Å². The van der Waals surface area contributed by atoms with E-state index in [4.69, 9.17) is 9.47 Å². The van der Waals surface area contributed by atoms with Crippen LogP contribution in [0.4, 0.5) is 11.5 Å². The van der Waals surface area contributed by atoms with Gasteiger partial charge in [-0.1, -0.05) is 0 Å². The van der Waals surface area contributed by atoms with E-state index in [0.29, 0.717) is 11.6 Å². The molecule has 8 nitrogen and oxygen atoms in total. The lowest BCUT2D eigenvalue weighted by atomic mass is 10.1. The number of methoxy groups -OCH3 is 1. The number of rotatable bonds is 7. The second-order valence-electron chi connectivity index (χ2n) is 8.96. The third kappa shape index (κ3) is 5.85.